The molecule has 0 N–H and O–H groups in total. The van der Waals surface area contributed by atoms with E-state index in [0.717, 1.165) is 6.54 Å². The Balaban J connectivity index is 2.76. The van der Waals surface area contributed by atoms with Gasteiger partial charge in [0.2, 0.25) is 0 Å². The summed E-state index contributed by atoms with van der Waals surface area (Å²) < 4.78 is 1.96. The zero-order valence-electron chi connectivity index (χ0n) is 4.26. The average Bonchev–Trinajstić information content (AvgIpc) is 2.14. The van der Waals surface area contributed by atoms with Crippen molar-refractivity contribution in [3.8, 4) is 0 Å². The smallest absolute Gasteiger partial charge is 0.108 e. The Morgan fingerprint density at radius 1 is 1.86 bits per heavy atom. The molecule has 0 saturated carbocycles. The van der Waals surface area contributed by atoms with Crippen molar-refractivity contribution in [2.45, 2.75) is 13.5 Å². The van der Waals surface area contributed by atoms with Crippen molar-refractivity contribution in [1.29, 1.82) is 0 Å². The topological polar surface area (TPSA) is 17.8 Å². The first-order chi connectivity index (χ1) is 3.43. The summed E-state index contributed by atoms with van der Waals surface area (Å²) in [6.07, 6.45) is 6.26. The van der Waals surface area contributed by atoms with Crippen molar-refractivity contribution >= 4 is 0 Å². The lowest BCUT2D eigenvalue weighted by atomic mass is 10.7. The predicted octanol–water partition coefficient (Wildman–Crippen LogP) is 0.703. The molecule has 1 heterocycles. The van der Waals surface area contributed by atoms with E-state index in [0.29, 0.717) is 0 Å². The minimum absolute atomic E-state index is 0.983. The quantitative estimate of drug-likeness (QED) is 0.502. The van der Waals surface area contributed by atoms with Gasteiger partial charge in [-0.3, -0.25) is 0 Å². The highest BCUT2D eigenvalue weighted by atomic mass is 15.0. The van der Waals surface area contributed by atoms with Crippen LogP contribution in [0.4, 0.5) is 0 Å². The second kappa shape index (κ2) is 1.78. The Hall–Kier alpha value is -0.790. The van der Waals surface area contributed by atoms with Crippen LogP contribution in [0.5, 0.6) is 0 Å². The van der Waals surface area contributed by atoms with Gasteiger partial charge in [-0.1, -0.05) is 0 Å². The number of imidazole rings is 1. The summed E-state index contributed by atoms with van der Waals surface area (Å²) in [7, 11) is 0. The number of hydrogen-bond acceptors (Lipinski definition) is 1. The Labute approximate surface area is 42.8 Å². The van der Waals surface area contributed by atoms with Crippen LogP contribution < -0.4 is 0 Å². The minimum atomic E-state index is 0.983. The molecular formula is C5H7N2. The van der Waals surface area contributed by atoms with Crippen molar-refractivity contribution in [3.63, 3.8) is 0 Å². The molecule has 0 aliphatic rings. The summed E-state index contributed by atoms with van der Waals surface area (Å²) in [6, 6.07) is 0. The van der Waals surface area contributed by atoms with Crippen LogP contribution in [0.3, 0.4) is 0 Å². The second-order valence-electron chi connectivity index (χ2n) is 1.33. The molecule has 0 fully saturated rings. The van der Waals surface area contributed by atoms with E-state index in [4.69, 9.17) is 0 Å². The summed E-state index contributed by atoms with van der Waals surface area (Å²) in [5.41, 5.74) is 0. The van der Waals surface area contributed by atoms with Crippen LogP contribution >= 0.6 is 0 Å². The van der Waals surface area contributed by atoms with Crippen LogP contribution in [0.25, 0.3) is 0 Å². The molecule has 0 aromatic carbocycles. The monoisotopic (exact) mass is 95.1 g/mol. The van der Waals surface area contributed by atoms with Gasteiger partial charge in [-0.2, -0.15) is 0 Å². The standard InChI is InChI=1S/C5H7N2/c1-2-7-4-3-6-5-7/h4-5H,2H2,1H3. The molecule has 2 nitrogen and oxygen atoms in total. The van der Waals surface area contributed by atoms with Crippen LogP contribution in [0.2, 0.25) is 0 Å². The van der Waals surface area contributed by atoms with Gasteiger partial charge in [-0.15, -0.1) is 0 Å². The van der Waals surface area contributed by atoms with E-state index >= 15 is 0 Å². The van der Waals surface area contributed by atoms with Crippen molar-refractivity contribution in [3.05, 3.63) is 18.7 Å². The summed E-state index contributed by atoms with van der Waals surface area (Å²) in [5.74, 6) is 0. The molecule has 37 valence electrons. The van der Waals surface area contributed by atoms with Gasteiger partial charge in [0, 0.05) is 12.7 Å². The highest BCUT2D eigenvalue weighted by Gasteiger charge is 1.77. The van der Waals surface area contributed by atoms with Crippen molar-refractivity contribution < 1.29 is 0 Å². The highest BCUT2D eigenvalue weighted by molar-refractivity contribution is 4.69. The maximum Gasteiger partial charge on any atom is 0.108 e. The van der Waals surface area contributed by atoms with Crippen LogP contribution in [-0.4, -0.2) is 9.55 Å². The zero-order chi connectivity index (χ0) is 5.11. The fraction of sp³-hybridized carbons (Fsp3) is 0.400. The molecule has 1 aromatic heterocycles. The van der Waals surface area contributed by atoms with Crippen molar-refractivity contribution in [2.75, 3.05) is 0 Å². The van der Waals surface area contributed by atoms with E-state index in [9.17, 15) is 0 Å². The minimum Gasteiger partial charge on any atom is -0.337 e. The number of hydrogen-bond donors (Lipinski definition) is 0. The van der Waals surface area contributed by atoms with Gasteiger partial charge in [-0.05, 0) is 6.92 Å². The highest BCUT2D eigenvalue weighted by Crippen LogP contribution is 1.80. The SMILES string of the molecule is CCn1c[c]nc1. The van der Waals surface area contributed by atoms with Gasteiger partial charge in [0.25, 0.3) is 0 Å². The van der Waals surface area contributed by atoms with Gasteiger partial charge in [0.1, 0.15) is 6.20 Å². The van der Waals surface area contributed by atoms with E-state index in [1.54, 1.807) is 6.33 Å². The molecule has 0 atom stereocenters. The Morgan fingerprint density at radius 3 is 3.00 bits per heavy atom. The van der Waals surface area contributed by atoms with Crippen LogP contribution in [0.15, 0.2) is 12.5 Å². The fourth-order valence-electron chi connectivity index (χ4n) is 0.421. The molecule has 0 saturated heterocycles. The first kappa shape index (κ1) is 4.37. The number of rotatable bonds is 1. The maximum atomic E-state index is 3.73. The third kappa shape index (κ3) is 0.796. The van der Waals surface area contributed by atoms with E-state index in [-0.39, 0.29) is 0 Å². The first-order valence-corrected chi connectivity index (χ1v) is 2.31. The molecule has 1 radical (unpaired) electrons. The third-order valence-electron chi connectivity index (χ3n) is 0.869. The van der Waals surface area contributed by atoms with Gasteiger partial charge in [0.15, 0.2) is 0 Å². The molecular weight excluding hydrogens is 88.1 g/mol. The van der Waals surface area contributed by atoms with Crippen LogP contribution in [-0.2, 0) is 6.54 Å². The molecule has 0 amide bonds. The molecule has 7 heavy (non-hydrogen) atoms. The van der Waals surface area contributed by atoms with Crippen LogP contribution in [0, 0.1) is 6.20 Å². The Bertz CT molecular complexity index is 121. The zero-order valence-corrected chi connectivity index (χ0v) is 4.26. The lowest BCUT2D eigenvalue weighted by Crippen LogP contribution is -1.85. The Morgan fingerprint density at radius 2 is 2.71 bits per heavy atom. The molecule has 0 unspecified atom stereocenters. The summed E-state index contributed by atoms with van der Waals surface area (Å²) in [6.45, 7) is 3.05. The second-order valence-corrected chi connectivity index (χ2v) is 1.33. The molecule has 1 rings (SSSR count). The van der Waals surface area contributed by atoms with E-state index in [1.807, 2.05) is 10.8 Å². The molecule has 1 aromatic rings. The molecule has 2 heteroatoms. The van der Waals surface area contributed by atoms with Gasteiger partial charge in [0.05, 0.1) is 6.33 Å². The van der Waals surface area contributed by atoms with Gasteiger partial charge < -0.3 is 4.57 Å². The summed E-state index contributed by atoms with van der Waals surface area (Å²) in [5, 5.41) is 0. The molecule has 0 bridgehead atoms. The summed E-state index contributed by atoms with van der Waals surface area (Å²) >= 11 is 0. The lowest BCUT2D eigenvalue weighted by molar-refractivity contribution is 0.761. The van der Waals surface area contributed by atoms with Gasteiger partial charge >= 0.3 is 0 Å². The van der Waals surface area contributed by atoms with Crippen molar-refractivity contribution in [1.82, 2.24) is 9.55 Å². The fourth-order valence-corrected chi connectivity index (χ4v) is 0.421. The largest absolute Gasteiger partial charge is 0.337 e. The van der Waals surface area contributed by atoms with Gasteiger partial charge in [-0.25, -0.2) is 4.98 Å². The molecule has 0 aliphatic carbocycles. The third-order valence-corrected chi connectivity index (χ3v) is 0.869. The van der Waals surface area contributed by atoms with Crippen LogP contribution in [0.1, 0.15) is 6.92 Å². The number of aryl methyl sites for hydroxylation is 1. The normalized spacial score (nSPS) is 9.29. The van der Waals surface area contributed by atoms with E-state index < -0.39 is 0 Å². The maximum absolute atomic E-state index is 3.73. The van der Waals surface area contributed by atoms with E-state index in [2.05, 4.69) is 18.1 Å². The first-order valence-electron chi connectivity index (χ1n) is 2.31. The lowest BCUT2D eigenvalue weighted by Gasteiger charge is -1.87. The Kier molecular flexibility index (Phi) is 1.11. The van der Waals surface area contributed by atoms with E-state index in [1.165, 1.54) is 0 Å². The average molecular weight is 95.1 g/mol. The summed E-state index contributed by atoms with van der Waals surface area (Å²) in [4.78, 5) is 3.73. The number of aromatic nitrogens is 2. The number of nitrogens with zero attached hydrogens (tertiary/aromatic N) is 2. The molecule has 0 spiro atoms. The predicted molar refractivity (Wildman–Crippen MR) is 26.7 cm³/mol. The van der Waals surface area contributed by atoms with Crippen molar-refractivity contribution in [2.24, 2.45) is 0 Å². The molecule has 0 aliphatic heterocycles.